The fourth-order valence-corrected chi connectivity index (χ4v) is 2.52. The van der Waals surface area contributed by atoms with Gasteiger partial charge in [0.25, 0.3) is 0 Å². The highest BCUT2D eigenvalue weighted by molar-refractivity contribution is 7.12. The smallest absolute Gasteiger partial charge is 0.104 e. The normalized spacial score (nSPS) is 14.2. The molecule has 1 atom stereocenters. The number of nitrogens with two attached hydrogens (primary N) is 1. The molecule has 0 aliphatic carbocycles. The maximum atomic E-state index is 5.69. The van der Waals surface area contributed by atoms with Gasteiger partial charge >= 0.3 is 0 Å². The lowest BCUT2D eigenvalue weighted by atomic mass is 9.95. The van der Waals surface area contributed by atoms with E-state index in [1.807, 2.05) is 18.3 Å². The third-order valence-corrected chi connectivity index (χ3v) is 3.87. The molecule has 0 aliphatic heterocycles. The lowest BCUT2D eigenvalue weighted by Gasteiger charge is -2.16. The maximum Gasteiger partial charge on any atom is 0.104 e. The van der Waals surface area contributed by atoms with Gasteiger partial charge in [-0.15, -0.1) is 11.3 Å². The van der Waals surface area contributed by atoms with Crippen LogP contribution >= 0.6 is 11.3 Å². The van der Waals surface area contributed by atoms with Gasteiger partial charge in [-0.1, -0.05) is 20.8 Å². The zero-order valence-electron chi connectivity index (χ0n) is 10.0. The van der Waals surface area contributed by atoms with E-state index in [1.54, 1.807) is 0 Å². The summed E-state index contributed by atoms with van der Waals surface area (Å²) in [5, 5.41) is 0. The Morgan fingerprint density at radius 2 is 2.07 bits per heavy atom. The van der Waals surface area contributed by atoms with Crippen LogP contribution < -0.4 is 5.73 Å². The number of thiophene rings is 1. The Bertz CT molecular complexity index is 301. The molecule has 1 aromatic rings. The highest BCUT2D eigenvalue weighted by Gasteiger charge is 2.19. The van der Waals surface area contributed by atoms with Crippen LogP contribution in [0.15, 0.2) is 12.1 Å². The Morgan fingerprint density at radius 3 is 2.47 bits per heavy atom. The molecule has 0 fully saturated rings. The molecule has 1 heterocycles. The summed E-state index contributed by atoms with van der Waals surface area (Å²) in [6, 6.07) is 4.32. The molecule has 3 heteroatoms. The topological polar surface area (TPSA) is 35.2 Å². The fourth-order valence-electron chi connectivity index (χ4n) is 1.40. The third-order valence-electron chi connectivity index (χ3n) is 2.27. The number of hydrogen-bond donors (Lipinski definition) is 1. The first kappa shape index (κ1) is 12.7. The molecule has 86 valence electrons. The van der Waals surface area contributed by atoms with Crippen molar-refractivity contribution in [1.82, 2.24) is 0 Å². The molecule has 15 heavy (non-hydrogen) atoms. The number of hydrogen-bond acceptors (Lipinski definition) is 3. The zero-order valence-corrected chi connectivity index (χ0v) is 10.9. The maximum absolute atomic E-state index is 5.69. The molecule has 0 amide bonds. The van der Waals surface area contributed by atoms with Gasteiger partial charge in [-0.2, -0.15) is 0 Å². The third kappa shape index (κ3) is 3.30. The van der Waals surface area contributed by atoms with Crippen molar-refractivity contribution in [2.24, 2.45) is 5.73 Å². The van der Waals surface area contributed by atoms with Crippen LogP contribution in [-0.2, 0) is 10.2 Å². The summed E-state index contributed by atoms with van der Waals surface area (Å²) < 4.78 is 5.59. The minimum atomic E-state index is 0.0658. The van der Waals surface area contributed by atoms with Crippen LogP contribution in [0, 0.1) is 0 Å². The van der Waals surface area contributed by atoms with Crippen molar-refractivity contribution in [3.63, 3.8) is 0 Å². The molecule has 0 saturated heterocycles. The van der Waals surface area contributed by atoms with E-state index >= 15 is 0 Å². The second-order valence-corrected chi connectivity index (χ2v) is 5.75. The monoisotopic (exact) mass is 227 g/mol. The van der Waals surface area contributed by atoms with E-state index in [9.17, 15) is 0 Å². The second kappa shape index (κ2) is 5.10. The molecule has 2 nitrogen and oxygen atoms in total. The zero-order chi connectivity index (χ0) is 11.5. The highest BCUT2D eigenvalue weighted by Crippen LogP contribution is 2.33. The standard InChI is InChI=1S/C12H21NOS/c1-5-14-9(8-13)10-6-7-11(15-10)12(2,3)4/h6-7,9H,5,8,13H2,1-4H3. The van der Waals surface area contributed by atoms with Crippen molar-refractivity contribution >= 4 is 11.3 Å². The highest BCUT2D eigenvalue weighted by atomic mass is 32.1. The van der Waals surface area contributed by atoms with Crippen molar-refractivity contribution in [1.29, 1.82) is 0 Å². The van der Waals surface area contributed by atoms with E-state index in [4.69, 9.17) is 10.5 Å². The van der Waals surface area contributed by atoms with E-state index in [1.165, 1.54) is 9.75 Å². The average molecular weight is 227 g/mol. The second-order valence-electron chi connectivity index (χ2n) is 4.63. The van der Waals surface area contributed by atoms with Crippen LogP contribution in [-0.4, -0.2) is 13.2 Å². The van der Waals surface area contributed by atoms with Crippen molar-refractivity contribution in [2.75, 3.05) is 13.2 Å². The molecular weight excluding hydrogens is 206 g/mol. The summed E-state index contributed by atoms with van der Waals surface area (Å²) >= 11 is 1.81. The largest absolute Gasteiger partial charge is 0.372 e. The molecule has 0 saturated carbocycles. The van der Waals surface area contributed by atoms with Gasteiger partial charge < -0.3 is 10.5 Å². The van der Waals surface area contributed by atoms with Crippen molar-refractivity contribution in [3.05, 3.63) is 21.9 Å². The minimum Gasteiger partial charge on any atom is -0.372 e. The number of ether oxygens (including phenoxy) is 1. The first-order valence-corrected chi connectivity index (χ1v) is 6.22. The van der Waals surface area contributed by atoms with Crippen molar-refractivity contribution < 1.29 is 4.74 Å². The van der Waals surface area contributed by atoms with Gasteiger partial charge in [0.05, 0.1) is 0 Å². The Hall–Kier alpha value is -0.380. The molecule has 0 radical (unpaired) electrons. The molecule has 0 aliphatic rings. The minimum absolute atomic E-state index is 0.0658. The fraction of sp³-hybridized carbons (Fsp3) is 0.667. The van der Waals surface area contributed by atoms with Gasteiger partial charge in [0, 0.05) is 22.9 Å². The Balaban J connectivity index is 2.82. The molecule has 0 spiro atoms. The molecule has 1 unspecified atom stereocenters. The van der Waals surface area contributed by atoms with Gasteiger partial charge in [-0.25, -0.2) is 0 Å². The SMILES string of the molecule is CCOC(CN)c1ccc(C(C)(C)C)s1. The Morgan fingerprint density at radius 1 is 1.40 bits per heavy atom. The van der Waals surface area contributed by atoms with Crippen LogP contribution in [0.1, 0.15) is 43.6 Å². The summed E-state index contributed by atoms with van der Waals surface area (Å²) in [6.45, 7) is 9.94. The van der Waals surface area contributed by atoms with E-state index in [0.717, 1.165) is 0 Å². The predicted molar refractivity (Wildman–Crippen MR) is 66.4 cm³/mol. The summed E-state index contributed by atoms with van der Waals surface area (Å²) in [5.74, 6) is 0. The first-order chi connectivity index (χ1) is 6.99. The van der Waals surface area contributed by atoms with Gasteiger partial charge in [0.15, 0.2) is 0 Å². The molecule has 2 N–H and O–H groups in total. The molecule has 0 aromatic carbocycles. The lowest BCUT2D eigenvalue weighted by molar-refractivity contribution is 0.0714. The Labute approximate surface area is 96.4 Å². The quantitative estimate of drug-likeness (QED) is 0.858. The summed E-state index contributed by atoms with van der Waals surface area (Å²) in [6.07, 6.45) is 0.0658. The molecule has 1 rings (SSSR count). The van der Waals surface area contributed by atoms with Gasteiger partial charge in [0.2, 0.25) is 0 Å². The van der Waals surface area contributed by atoms with Crippen LogP contribution in [0.25, 0.3) is 0 Å². The first-order valence-electron chi connectivity index (χ1n) is 5.41. The van der Waals surface area contributed by atoms with E-state index < -0.39 is 0 Å². The summed E-state index contributed by atoms with van der Waals surface area (Å²) in [7, 11) is 0. The van der Waals surface area contributed by atoms with Crippen molar-refractivity contribution in [3.8, 4) is 0 Å². The van der Waals surface area contributed by atoms with Crippen LogP contribution in [0.4, 0.5) is 0 Å². The van der Waals surface area contributed by atoms with E-state index in [0.29, 0.717) is 13.2 Å². The summed E-state index contributed by atoms with van der Waals surface area (Å²) in [4.78, 5) is 2.62. The lowest BCUT2D eigenvalue weighted by Crippen LogP contribution is -2.14. The van der Waals surface area contributed by atoms with Crippen LogP contribution in [0.5, 0.6) is 0 Å². The van der Waals surface area contributed by atoms with Gasteiger partial charge in [0.1, 0.15) is 6.10 Å². The number of rotatable bonds is 4. The van der Waals surface area contributed by atoms with Crippen LogP contribution in [0.2, 0.25) is 0 Å². The average Bonchev–Trinajstić information content (AvgIpc) is 2.62. The summed E-state index contributed by atoms with van der Waals surface area (Å²) in [5.41, 5.74) is 5.91. The van der Waals surface area contributed by atoms with Gasteiger partial charge in [-0.05, 0) is 24.5 Å². The molecular formula is C12H21NOS. The van der Waals surface area contributed by atoms with Gasteiger partial charge in [-0.3, -0.25) is 0 Å². The Kier molecular flexibility index (Phi) is 4.32. The predicted octanol–water partition coefficient (Wildman–Crippen LogP) is 3.08. The van der Waals surface area contributed by atoms with E-state index in [-0.39, 0.29) is 11.5 Å². The molecule has 1 aromatic heterocycles. The van der Waals surface area contributed by atoms with Crippen molar-refractivity contribution in [2.45, 2.75) is 39.2 Å². The van der Waals surface area contributed by atoms with E-state index in [2.05, 4.69) is 32.9 Å². The van der Waals surface area contributed by atoms with Crippen LogP contribution in [0.3, 0.4) is 0 Å². The molecule has 0 bridgehead atoms.